The van der Waals surface area contributed by atoms with Gasteiger partial charge in [-0.1, -0.05) is 12.1 Å². The number of hydrogen-bond donors (Lipinski definition) is 1. The van der Waals surface area contributed by atoms with E-state index in [2.05, 4.69) is 10.3 Å². The number of aromatic nitrogens is 1. The van der Waals surface area contributed by atoms with E-state index in [1.807, 2.05) is 30.3 Å². The van der Waals surface area contributed by atoms with Crippen LogP contribution in [0.4, 0.5) is 5.69 Å². The van der Waals surface area contributed by atoms with Crippen LogP contribution in [0.15, 0.2) is 36.5 Å². The minimum absolute atomic E-state index is 0.0941. The maximum atomic E-state index is 12.7. The molecule has 1 aliphatic heterocycles. The van der Waals surface area contributed by atoms with Gasteiger partial charge in [-0.3, -0.25) is 14.6 Å². The lowest BCUT2D eigenvalue weighted by Crippen LogP contribution is -2.49. The van der Waals surface area contributed by atoms with Gasteiger partial charge in [0.05, 0.1) is 5.69 Å². The zero-order chi connectivity index (χ0) is 18.1. The van der Waals surface area contributed by atoms with Crippen molar-refractivity contribution in [2.24, 2.45) is 0 Å². The molecule has 2 aromatic rings. The second-order valence-electron chi connectivity index (χ2n) is 6.75. The molecule has 2 amide bonds. The van der Waals surface area contributed by atoms with Crippen LogP contribution < -0.4 is 15.0 Å². The number of aryl methyl sites for hydroxylation is 2. The quantitative estimate of drug-likeness (QED) is 0.900. The molecule has 1 aromatic heterocycles. The molecule has 6 nitrogen and oxygen atoms in total. The summed E-state index contributed by atoms with van der Waals surface area (Å²) in [6, 6.07) is 8.44. The van der Waals surface area contributed by atoms with E-state index in [0.29, 0.717) is 17.1 Å². The summed E-state index contributed by atoms with van der Waals surface area (Å²) in [6.07, 6.45) is 6.08. The lowest BCUT2D eigenvalue weighted by molar-refractivity contribution is -0.120. The number of fused-ring (bicyclic) bond motifs is 2. The number of ether oxygens (including phenoxy) is 1. The van der Waals surface area contributed by atoms with Crippen LogP contribution in [0.5, 0.6) is 5.75 Å². The van der Waals surface area contributed by atoms with E-state index >= 15 is 0 Å². The normalized spacial score (nSPS) is 19.0. The van der Waals surface area contributed by atoms with E-state index in [9.17, 15) is 9.59 Å². The Kier molecular flexibility index (Phi) is 4.32. The molecule has 0 spiro atoms. The van der Waals surface area contributed by atoms with Gasteiger partial charge in [0, 0.05) is 13.2 Å². The van der Waals surface area contributed by atoms with Gasteiger partial charge in [0.15, 0.2) is 0 Å². The molecule has 26 heavy (non-hydrogen) atoms. The number of hydrogen-bond acceptors (Lipinski definition) is 4. The van der Waals surface area contributed by atoms with Crippen molar-refractivity contribution in [3.63, 3.8) is 0 Å². The smallest absolute Gasteiger partial charge is 0.270 e. The molecule has 0 radical (unpaired) electrons. The molecule has 0 saturated heterocycles. The van der Waals surface area contributed by atoms with Crippen LogP contribution in [-0.2, 0) is 17.6 Å². The Balaban J connectivity index is 1.52. The minimum atomic E-state index is -0.752. The minimum Gasteiger partial charge on any atom is -0.489 e. The van der Waals surface area contributed by atoms with Crippen LogP contribution in [0.25, 0.3) is 0 Å². The summed E-state index contributed by atoms with van der Waals surface area (Å²) in [5, 5.41) is 2.78. The molecule has 6 heteroatoms. The highest BCUT2D eigenvalue weighted by atomic mass is 16.5. The highest BCUT2D eigenvalue weighted by Crippen LogP contribution is 2.30. The van der Waals surface area contributed by atoms with E-state index in [-0.39, 0.29) is 18.4 Å². The largest absolute Gasteiger partial charge is 0.489 e. The number of carbonyl (C=O) groups excluding carboxylic acids is 2. The molecule has 2 aliphatic rings. The van der Waals surface area contributed by atoms with Gasteiger partial charge in [-0.2, -0.15) is 0 Å². The van der Waals surface area contributed by atoms with Gasteiger partial charge in [0.1, 0.15) is 24.1 Å². The SMILES string of the molecule is CN1C(=O)[C@@H](NC(=O)c2cc3c(cn2)CCCC3)COc2ccccc21. The Bertz CT molecular complexity index is 865. The summed E-state index contributed by atoms with van der Waals surface area (Å²) in [7, 11) is 1.69. The molecule has 2 heterocycles. The average molecular weight is 351 g/mol. The summed E-state index contributed by atoms with van der Waals surface area (Å²) in [4.78, 5) is 31.2. The maximum Gasteiger partial charge on any atom is 0.270 e. The van der Waals surface area contributed by atoms with Crippen LogP contribution in [-0.4, -0.2) is 36.5 Å². The molecule has 1 aromatic carbocycles. The van der Waals surface area contributed by atoms with E-state index in [1.54, 1.807) is 13.2 Å². The van der Waals surface area contributed by atoms with Crippen LogP contribution in [0.3, 0.4) is 0 Å². The van der Waals surface area contributed by atoms with Crippen LogP contribution in [0, 0.1) is 0 Å². The number of likely N-dealkylation sites (N-methyl/N-ethyl adjacent to an activating group) is 1. The summed E-state index contributed by atoms with van der Waals surface area (Å²) in [5.74, 6) is 0.0768. The first kappa shape index (κ1) is 16.6. The molecular formula is C20H21N3O3. The Morgan fingerprint density at radius 3 is 2.85 bits per heavy atom. The molecule has 4 rings (SSSR count). The lowest BCUT2D eigenvalue weighted by Gasteiger charge is -2.20. The maximum absolute atomic E-state index is 12.7. The van der Waals surface area contributed by atoms with Crippen LogP contribution in [0.2, 0.25) is 0 Å². The Morgan fingerprint density at radius 1 is 1.23 bits per heavy atom. The first-order valence-electron chi connectivity index (χ1n) is 8.91. The van der Waals surface area contributed by atoms with Gasteiger partial charge >= 0.3 is 0 Å². The molecule has 1 aliphatic carbocycles. The Labute approximate surface area is 152 Å². The number of anilines is 1. The summed E-state index contributed by atoms with van der Waals surface area (Å²) >= 11 is 0. The number of nitrogens with zero attached hydrogens (tertiary/aromatic N) is 2. The molecule has 0 saturated carbocycles. The van der Waals surface area contributed by atoms with Gasteiger partial charge in [-0.15, -0.1) is 0 Å². The monoisotopic (exact) mass is 351 g/mol. The molecule has 0 bridgehead atoms. The third-order valence-electron chi connectivity index (χ3n) is 5.02. The topological polar surface area (TPSA) is 71.5 Å². The molecule has 134 valence electrons. The second-order valence-corrected chi connectivity index (χ2v) is 6.75. The first-order chi connectivity index (χ1) is 12.6. The predicted octanol–water partition coefficient (Wildman–Crippen LogP) is 2.11. The van der Waals surface area contributed by atoms with Crippen molar-refractivity contribution in [3.05, 3.63) is 53.3 Å². The third kappa shape index (κ3) is 3.03. The predicted molar refractivity (Wildman–Crippen MR) is 97.5 cm³/mol. The lowest BCUT2D eigenvalue weighted by atomic mass is 9.93. The number of nitrogens with one attached hydrogen (secondary N) is 1. The van der Waals surface area contributed by atoms with Crippen molar-refractivity contribution < 1.29 is 14.3 Å². The van der Waals surface area contributed by atoms with Gasteiger partial charge in [-0.25, -0.2) is 0 Å². The van der Waals surface area contributed by atoms with E-state index in [1.165, 1.54) is 22.4 Å². The second kappa shape index (κ2) is 6.78. The van der Waals surface area contributed by atoms with Crippen molar-refractivity contribution >= 4 is 17.5 Å². The van der Waals surface area contributed by atoms with Gasteiger partial charge < -0.3 is 15.0 Å². The van der Waals surface area contributed by atoms with Crippen LogP contribution >= 0.6 is 0 Å². The summed E-state index contributed by atoms with van der Waals surface area (Å²) < 4.78 is 5.73. The standard InChI is InChI=1S/C20H21N3O3/c1-23-17-8-4-5-9-18(17)26-12-16(20(23)25)22-19(24)15-10-13-6-2-3-7-14(13)11-21-15/h4-5,8-11,16H,2-3,6-7,12H2,1H3,(H,22,24)/t16-/m0/s1. The van der Waals surface area contributed by atoms with Gasteiger partial charge in [-0.05, 0) is 55.0 Å². The van der Waals surface area contributed by atoms with Crippen molar-refractivity contribution in [2.45, 2.75) is 31.7 Å². The number of amides is 2. The number of rotatable bonds is 2. The molecule has 0 fully saturated rings. The number of carbonyl (C=O) groups is 2. The fourth-order valence-corrected chi connectivity index (χ4v) is 3.53. The highest BCUT2D eigenvalue weighted by Gasteiger charge is 2.31. The van der Waals surface area contributed by atoms with Crippen molar-refractivity contribution in [1.29, 1.82) is 0 Å². The fraction of sp³-hybridized carbons (Fsp3) is 0.350. The summed E-state index contributed by atoms with van der Waals surface area (Å²) in [6.45, 7) is 0.0941. The molecule has 1 atom stereocenters. The Hall–Kier alpha value is -2.89. The van der Waals surface area contributed by atoms with E-state index in [0.717, 1.165) is 19.3 Å². The van der Waals surface area contributed by atoms with Crippen molar-refractivity contribution in [3.8, 4) is 5.75 Å². The van der Waals surface area contributed by atoms with Gasteiger partial charge in [0.2, 0.25) is 0 Å². The Morgan fingerprint density at radius 2 is 2.00 bits per heavy atom. The molecular weight excluding hydrogens is 330 g/mol. The fourth-order valence-electron chi connectivity index (χ4n) is 3.53. The van der Waals surface area contributed by atoms with Crippen LogP contribution in [0.1, 0.15) is 34.5 Å². The highest BCUT2D eigenvalue weighted by molar-refractivity contribution is 6.02. The van der Waals surface area contributed by atoms with Crippen molar-refractivity contribution in [1.82, 2.24) is 10.3 Å². The zero-order valence-corrected chi connectivity index (χ0v) is 14.7. The first-order valence-corrected chi connectivity index (χ1v) is 8.91. The number of benzene rings is 1. The summed E-state index contributed by atoms with van der Waals surface area (Å²) in [5.41, 5.74) is 3.45. The van der Waals surface area contributed by atoms with Gasteiger partial charge in [0.25, 0.3) is 11.8 Å². The van der Waals surface area contributed by atoms with Crippen molar-refractivity contribution in [2.75, 3.05) is 18.6 Å². The average Bonchev–Trinajstić information content (AvgIpc) is 2.80. The zero-order valence-electron chi connectivity index (χ0n) is 14.7. The number of para-hydroxylation sites is 2. The molecule has 1 N–H and O–H groups in total. The molecule has 0 unspecified atom stereocenters. The van der Waals surface area contributed by atoms with E-state index in [4.69, 9.17) is 4.74 Å². The number of pyridine rings is 1. The third-order valence-corrected chi connectivity index (χ3v) is 5.02. The van der Waals surface area contributed by atoms with E-state index < -0.39 is 6.04 Å².